The summed E-state index contributed by atoms with van der Waals surface area (Å²) in [6.45, 7) is 6.50. The van der Waals surface area contributed by atoms with E-state index >= 15 is 0 Å². The number of aryl methyl sites for hydroxylation is 1. The van der Waals surface area contributed by atoms with Gasteiger partial charge in [-0.2, -0.15) is 0 Å². The number of hydrogen-bond acceptors (Lipinski definition) is 2. The van der Waals surface area contributed by atoms with E-state index in [0.29, 0.717) is 24.2 Å². The molecular formula is C15H20FN3O. The Balaban J connectivity index is 2.75. The topological polar surface area (TPSA) is 52.9 Å². The molecule has 2 N–H and O–H groups in total. The Morgan fingerprint density at radius 3 is 2.55 bits per heavy atom. The average molecular weight is 277 g/mol. The fourth-order valence-electron chi connectivity index (χ4n) is 2.52. The van der Waals surface area contributed by atoms with E-state index in [1.54, 1.807) is 17.7 Å². The summed E-state index contributed by atoms with van der Waals surface area (Å²) in [4.78, 5) is 12.4. The zero-order valence-corrected chi connectivity index (χ0v) is 12.1. The van der Waals surface area contributed by atoms with E-state index in [4.69, 9.17) is 5.73 Å². The molecule has 108 valence electrons. The van der Waals surface area contributed by atoms with Gasteiger partial charge in [-0.25, -0.2) is 9.07 Å². The zero-order chi connectivity index (χ0) is 14.9. The number of nitrogen functional groups attached to an aromatic ring is 1. The molecule has 0 aliphatic rings. The molecule has 0 unspecified atom stereocenters. The van der Waals surface area contributed by atoms with Gasteiger partial charge in [-0.1, -0.05) is 13.8 Å². The van der Waals surface area contributed by atoms with Crippen LogP contribution in [-0.2, 0) is 13.0 Å². The predicted molar refractivity (Wildman–Crippen MR) is 78.8 cm³/mol. The van der Waals surface area contributed by atoms with E-state index < -0.39 is 0 Å². The predicted octanol–water partition coefficient (Wildman–Crippen LogP) is 2.64. The second-order valence-corrected chi connectivity index (χ2v) is 4.88. The van der Waals surface area contributed by atoms with Crippen LogP contribution in [0.4, 0.5) is 10.1 Å². The Labute approximate surface area is 117 Å². The van der Waals surface area contributed by atoms with Crippen molar-refractivity contribution in [2.45, 2.75) is 40.2 Å². The molecule has 0 atom stereocenters. The quantitative estimate of drug-likeness (QED) is 0.934. The molecule has 0 aliphatic carbocycles. The molecule has 0 saturated carbocycles. The lowest BCUT2D eigenvalue weighted by molar-refractivity contribution is 0.514. The number of benzene rings is 1. The first kappa shape index (κ1) is 14.4. The van der Waals surface area contributed by atoms with Gasteiger partial charge in [0.15, 0.2) is 0 Å². The molecule has 0 amide bonds. The Hall–Kier alpha value is -2.04. The molecule has 0 spiro atoms. The van der Waals surface area contributed by atoms with Crippen molar-refractivity contribution < 1.29 is 4.39 Å². The van der Waals surface area contributed by atoms with Crippen molar-refractivity contribution in [3.63, 3.8) is 0 Å². The van der Waals surface area contributed by atoms with Gasteiger partial charge in [0.2, 0.25) is 0 Å². The van der Waals surface area contributed by atoms with Crippen LogP contribution in [0.1, 0.15) is 31.5 Å². The SMILES string of the molecule is CCCn1c(CC)c(N)c(=O)n1-c1ccc(F)cc1C. The van der Waals surface area contributed by atoms with E-state index in [2.05, 4.69) is 0 Å². The van der Waals surface area contributed by atoms with Crippen molar-refractivity contribution in [3.05, 3.63) is 45.6 Å². The van der Waals surface area contributed by atoms with Crippen molar-refractivity contribution >= 4 is 5.69 Å². The van der Waals surface area contributed by atoms with Crippen molar-refractivity contribution in [2.24, 2.45) is 0 Å². The third-order valence-electron chi connectivity index (χ3n) is 3.44. The summed E-state index contributed by atoms with van der Waals surface area (Å²) in [5, 5.41) is 0. The minimum Gasteiger partial charge on any atom is -0.393 e. The summed E-state index contributed by atoms with van der Waals surface area (Å²) in [5.74, 6) is -0.309. The highest BCUT2D eigenvalue weighted by molar-refractivity contribution is 5.48. The van der Waals surface area contributed by atoms with Crippen LogP contribution in [0.3, 0.4) is 0 Å². The number of nitrogens with zero attached hydrogens (tertiary/aromatic N) is 2. The summed E-state index contributed by atoms with van der Waals surface area (Å²) >= 11 is 0. The van der Waals surface area contributed by atoms with Crippen LogP contribution < -0.4 is 11.3 Å². The Kier molecular flexibility index (Phi) is 3.97. The standard InChI is InChI=1S/C15H20FN3O/c1-4-8-18-12(5-2)14(17)15(20)19(18)13-7-6-11(16)9-10(13)3/h6-7,9H,4-5,8,17H2,1-3H3. The van der Waals surface area contributed by atoms with Crippen LogP contribution in [0.25, 0.3) is 5.69 Å². The Morgan fingerprint density at radius 2 is 2.00 bits per heavy atom. The molecule has 0 radical (unpaired) electrons. The van der Waals surface area contributed by atoms with E-state index in [9.17, 15) is 9.18 Å². The molecule has 2 rings (SSSR count). The normalized spacial score (nSPS) is 11.0. The molecule has 0 fully saturated rings. The molecule has 0 bridgehead atoms. The second-order valence-electron chi connectivity index (χ2n) is 4.88. The first-order valence-corrected chi connectivity index (χ1v) is 6.87. The number of halogens is 1. The smallest absolute Gasteiger partial charge is 0.294 e. The largest absolute Gasteiger partial charge is 0.393 e. The number of anilines is 1. The summed E-state index contributed by atoms with van der Waals surface area (Å²) in [6.07, 6.45) is 1.58. The molecule has 20 heavy (non-hydrogen) atoms. The zero-order valence-electron chi connectivity index (χ0n) is 12.1. The van der Waals surface area contributed by atoms with Gasteiger partial charge < -0.3 is 5.73 Å². The molecule has 5 heteroatoms. The van der Waals surface area contributed by atoms with E-state index in [1.807, 2.05) is 18.5 Å². The molecule has 1 heterocycles. The maximum absolute atomic E-state index is 13.2. The second kappa shape index (κ2) is 5.53. The molecule has 0 saturated heterocycles. The van der Waals surface area contributed by atoms with Gasteiger partial charge in [0.1, 0.15) is 11.5 Å². The average Bonchev–Trinajstić information content (AvgIpc) is 2.63. The molecular weight excluding hydrogens is 257 g/mol. The number of rotatable bonds is 4. The van der Waals surface area contributed by atoms with Gasteiger partial charge in [0, 0.05) is 6.54 Å². The lowest BCUT2D eigenvalue weighted by Gasteiger charge is -2.15. The molecule has 1 aromatic carbocycles. The van der Waals surface area contributed by atoms with E-state index in [-0.39, 0.29) is 17.1 Å². The Morgan fingerprint density at radius 1 is 1.30 bits per heavy atom. The summed E-state index contributed by atoms with van der Waals surface area (Å²) in [7, 11) is 0. The van der Waals surface area contributed by atoms with Crippen LogP contribution >= 0.6 is 0 Å². The molecule has 2 aromatic rings. The van der Waals surface area contributed by atoms with Gasteiger partial charge >= 0.3 is 0 Å². The fraction of sp³-hybridized carbons (Fsp3) is 0.400. The minimum absolute atomic E-state index is 0.231. The van der Waals surface area contributed by atoms with Crippen LogP contribution in [0.2, 0.25) is 0 Å². The van der Waals surface area contributed by atoms with Crippen LogP contribution in [0.15, 0.2) is 23.0 Å². The minimum atomic E-state index is -0.309. The van der Waals surface area contributed by atoms with Crippen LogP contribution in [0.5, 0.6) is 0 Å². The van der Waals surface area contributed by atoms with Crippen molar-refractivity contribution in [3.8, 4) is 5.69 Å². The van der Waals surface area contributed by atoms with E-state index in [1.165, 1.54) is 12.1 Å². The molecule has 0 aliphatic heterocycles. The summed E-state index contributed by atoms with van der Waals surface area (Å²) in [5.41, 5.74) is 8.21. The first-order valence-electron chi connectivity index (χ1n) is 6.87. The monoisotopic (exact) mass is 277 g/mol. The lowest BCUT2D eigenvalue weighted by Crippen LogP contribution is -2.23. The molecule has 1 aromatic heterocycles. The third kappa shape index (κ3) is 2.24. The number of aromatic nitrogens is 2. The van der Waals surface area contributed by atoms with Gasteiger partial charge in [-0.15, -0.1) is 0 Å². The maximum Gasteiger partial charge on any atom is 0.294 e. The summed E-state index contributed by atoms with van der Waals surface area (Å²) in [6, 6.07) is 4.41. The first-order chi connectivity index (χ1) is 9.51. The van der Waals surface area contributed by atoms with Crippen LogP contribution in [0, 0.1) is 12.7 Å². The highest BCUT2D eigenvalue weighted by atomic mass is 19.1. The van der Waals surface area contributed by atoms with E-state index in [0.717, 1.165) is 12.1 Å². The summed E-state index contributed by atoms with van der Waals surface area (Å²) < 4.78 is 16.7. The maximum atomic E-state index is 13.2. The van der Waals surface area contributed by atoms with Crippen LogP contribution in [-0.4, -0.2) is 9.36 Å². The third-order valence-corrected chi connectivity index (χ3v) is 3.44. The number of nitrogens with two attached hydrogens (primary N) is 1. The van der Waals surface area contributed by atoms with Gasteiger partial charge in [0.25, 0.3) is 5.56 Å². The van der Waals surface area contributed by atoms with Crippen molar-refractivity contribution in [1.29, 1.82) is 0 Å². The van der Waals surface area contributed by atoms with Crippen molar-refractivity contribution in [2.75, 3.05) is 5.73 Å². The highest BCUT2D eigenvalue weighted by Crippen LogP contribution is 2.18. The van der Waals surface area contributed by atoms with Gasteiger partial charge in [0.05, 0.1) is 11.4 Å². The highest BCUT2D eigenvalue weighted by Gasteiger charge is 2.18. The Bertz CT molecular complexity index is 685. The molecule has 4 nitrogen and oxygen atoms in total. The lowest BCUT2D eigenvalue weighted by atomic mass is 10.2. The van der Waals surface area contributed by atoms with Gasteiger partial charge in [-0.3, -0.25) is 9.48 Å². The van der Waals surface area contributed by atoms with Gasteiger partial charge in [-0.05, 0) is 43.5 Å². The fourth-order valence-corrected chi connectivity index (χ4v) is 2.52. The number of hydrogen-bond donors (Lipinski definition) is 1. The van der Waals surface area contributed by atoms with Crippen molar-refractivity contribution in [1.82, 2.24) is 9.36 Å².